The molecule has 113 valence electrons. The summed E-state index contributed by atoms with van der Waals surface area (Å²) in [4.78, 5) is 0. The third-order valence-corrected chi connectivity index (χ3v) is 9.00. The van der Waals surface area contributed by atoms with Crippen LogP contribution in [0.15, 0.2) is 0 Å². The molecule has 0 heterocycles. The van der Waals surface area contributed by atoms with Gasteiger partial charge in [0.2, 0.25) is 0 Å². The molecular formula is C16H38OP. The van der Waals surface area contributed by atoms with Gasteiger partial charge in [0.15, 0.2) is 0 Å². The van der Waals surface area contributed by atoms with Gasteiger partial charge >= 0.3 is 0 Å². The maximum Gasteiger partial charge on any atom is -0.0359 e. The molecule has 2 N–H and O–H groups in total. The van der Waals surface area contributed by atoms with E-state index in [9.17, 15) is 0 Å². The Morgan fingerprint density at radius 2 is 0.722 bits per heavy atom. The molecule has 0 aromatic rings. The number of hydrogen-bond donors (Lipinski definition) is 0. The summed E-state index contributed by atoms with van der Waals surface area (Å²) >= 11 is 0. The van der Waals surface area contributed by atoms with E-state index in [0.717, 1.165) is 0 Å². The first kappa shape index (κ1) is 20.7. The normalized spacial score (nSPS) is 11.3. The zero-order valence-electron chi connectivity index (χ0n) is 13.4. The lowest BCUT2D eigenvalue weighted by Crippen LogP contribution is -2.12. The molecule has 0 atom stereocenters. The second-order valence-corrected chi connectivity index (χ2v) is 10.1. The molecule has 0 saturated heterocycles. The molecule has 0 aromatic heterocycles. The van der Waals surface area contributed by atoms with Crippen molar-refractivity contribution in [2.75, 3.05) is 24.6 Å². The molecule has 0 spiro atoms. The van der Waals surface area contributed by atoms with E-state index in [1.54, 1.807) is 24.6 Å². The van der Waals surface area contributed by atoms with Crippen molar-refractivity contribution in [1.29, 1.82) is 0 Å². The van der Waals surface area contributed by atoms with Crippen LogP contribution in [0.1, 0.15) is 79.1 Å². The van der Waals surface area contributed by atoms with Gasteiger partial charge in [0, 0.05) is 0 Å². The zero-order chi connectivity index (χ0) is 13.0. The van der Waals surface area contributed by atoms with Crippen LogP contribution in [0.25, 0.3) is 0 Å². The van der Waals surface area contributed by atoms with Gasteiger partial charge in [-0.1, -0.05) is 53.4 Å². The fourth-order valence-corrected chi connectivity index (χ4v) is 7.93. The van der Waals surface area contributed by atoms with E-state index in [4.69, 9.17) is 0 Å². The first-order valence-corrected chi connectivity index (χ1v) is 10.6. The standard InChI is InChI=1S/C16H36P.H2O/c1-5-9-13-17(14-10-6-2,15-11-7-3)16-12-8-4;/h5-16H2,1-4H3;1H2. The van der Waals surface area contributed by atoms with E-state index in [1.807, 2.05) is 0 Å². The maximum absolute atomic E-state index is 2.36. The number of unbranched alkanes of at least 4 members (excludes halogenated alkanes) is 4. The highest BCUT2D eigenvalue weighted by atomic mass is 31.2. The third kappa shape index (κ3) is 9.34. The molecule has 0 rings (SSSR count). The lowest BCUT2D eigenvalue weighted by atomic mass is 10.4. The van der Waals surface area contributed by atoms with Crippen LogP contribution < -0.4 is 0 Å². The molecule has 0 aliphatic rings. The zero-order valence-corrected chi connectivity index (χ0v) is 14.3. The predicted molar refractivity (Wildman–Crippen MR) is 89.6 cm³/mol. The Balaban J connectivity index is 0. The highest BCUT2D eigenvalue weighted by molar-refractivity contribution is 7.75. The minimum Gasteiger partial charge on any atom is -0.412 e. The monoisotopic (exact) mass is 277 g/mol. The van der Waals surface area contributed by atoms with Crippen LogP contribution in [-0.4, -0.2) is 30.1 Å². The molecule has 0 bridgehead atoms. The Bertz CT molecular complexity index is 122. The molecule has 0 unspecified atom stereocenters. The number of hydrogen-bond acceptors (Lipinski definition) is 0. The summed E-state index contributed by atoms with van der Waals surface area (Å²) < 4.78 is 0. The molecule has 0 aliphatic carbocycles. The molecule has 18 heavy (non-hydrogen) atoms. The average molecular weight is 277 g/mol. The summed E-state index contributed by atoms with van der Waals surface area (Å²) in [6, 6.07) is 0. The second kappa shape index (κ2) is 13.8. The second-order valence-electron chi connectivity index (χ2n) is 5.65. The van der Waals surface area contributed by atoms with Crippen molar-refractivity contribution in [2.45, 2.75) is 79.1 Å². The van der Waals surface area contributed by atoms with Gasteiger partial charge in [-0.3, -0.25) is 0 Å². The summed E-state index contributed by atoms with van der Waals surface area (Å²) in [5.74, 6) is 0. The SMILES string of the molecule is CCCC[P](CCCC)(CCCC)CCCC.O. The first-order valence-electron chi connectivity index (χ1n) is 8.09. The molecule has 1 nitrogen and oxygen atoms in total. The smallest absolute Gasteiger partial charge is 0.0359 e. The van der Waals surface area contributed by atoms with E-state index in [0.29, 0.717) is 0 Å². The van der Waals surface area contributed by atoms with Crippen LogP contribution >= 0.6 is 7.26 Å². The minimum atomic E-state index is -0.562. The van der Waals surface area contributed by atoms with Crippen molar-refractivity contribution in [3.05, 3.63) is 0 Å². The van der Waals surface area contributed by atoms with Crippen LogP contribution in [-0.2, 0) is 0 Å². The van der Waals surface area contributed by atoms with E-state index in [-0.39, 0.29) is 5.48 Å². The lowest BCUT2D eigenvalue weighted by molar-refractivity contribution is 0.814. The van der Waals surface area contributed by atoms with Crippen molar-refractivity contribution in [1.82, 2.24) is 0 Å². The van der Waals surface area contributed by atoms with E-state index < -0.39 is 7.26 Å². The maximum atomic E-state index is 2.36. The van der Waals surface area contributed by atoms with Gasteiger partial charge < -0.3 is 5.48 Å². The summed E-state index contributed by atoms with van der Waals surface area (Å²) in [5, 5.41) is 0. The summed E-state index contributed by atoms with van der Waals surface area (Å²) in [6.45, 7) is 9.42. The molecule has 2 heteroatoms. The third-order valence-electron chi connectivity index (χ3n) is 3.94. The highest BCUT2D eigenvalue weighted by Crippen LogP contribution is 2.61. The largest absolute Gasteiger partial charge is 0.412 e. The molecule has 0 amide bonds. The van der Waals surface area contributed by atoms with Gasteiger partial charge in [0.05, 0.1) is 0 Å². The number of rotatable bonds is 12. The van der Waals surface area contributed by atoms with E-state index >= 15 is 0 Å². The van der Waals surface area contributed by atoms with Crippen LogP contribution in [0.4, 0.5) is 0 Å². The Kier molecular flexibility index (Phi) is 15.9. The summed E-state index contributed by atoms with van der Waals surface area (Å²) in [6.07, 6.45) is 17.9. The van der Waals surface area contributed by atoms with Crippen molar-refractivity contribution >= 4 is 7.26 Å². The van der Waals surface area contributed by atoms with Crippen LogP contribution in [0.5, 0.6) is 0 Å². The molecule has 0 aliphatic heterocycles. The fraction of sp³-hybridized carbons (Fsp3) is 1.00. The van der Waals surface area contributed by atoms with Crippen molar-refractivity contribution in [3.63, 3.8) is 0 Å². The van der Waals surface area contributed by atoms with Crippen molar-refractivity contribution in [2.24, 2.45) is 0 Å². The predicted octanol–water partition coefficient (Wildman–Crippen LogP) is 5.38. The van der Waals surface area contributed by atoms with Gasteiger partial charge in [-0.05, 0) is 50.3 Å². The van der Waals surface area contributed by atoms with Gasteiger partial charge in [-0.2, -0.15) is 0 Å². The Morgan fingerprint density at radius 3 is 0.889 bits per heavy atom. The first-order chi connectivity index (χ1) is 8.24. The molecular weight excluding hydrogens is 239 g/mol. The van der Waals surface area contributed by atoms with E-state index in [1.165, 1.54) is 51.4 Å². The summed E-state index contributed by atoms with van der Waals surface area (Å²) in [7, 11) is -0.562. The topological polar surface area (TPSA) is 31.5 Å². The van der Waals surface area contributed by atoms with Crippen molar-refractivity contribution in [3.8, 4) is 0 Å². The van der Waals surface area contributed by atoms with E-state index in [2.05, 4.69) is 27.7 Å². The quantitative estimate of drug-likeness (QED) is 0.429. The average Bonchev–Trinajstić information content (AvgIpc) is 2.37. The molecule has 0 saturated carbocycles. The summed E-state index contributed by atoms with van der Waals surface area (Å²) in [5.41, 5.74) is 0. The highest BCUT2D eigenvalue weighted by Gasteiger charge is 2.24. The van der Waals surface area contributed by atoms with Crippen molar-refractivity contribution < 1.29 is 5.48 Å². The molecule has 0 fully saturated rings. The molecule has 1 radical (unpaired) electrons. The minimum absolute atomic E-state index is 0. The Morgan fingerprint density at radius 1 is 0.500 bits per heavy atom. The Hall–Kier alpha value is 0.390. The van der Waals surface area contributed by atoms with Gasteiger partial charge in [-0.15, -0.1) is 7.26 Å². The molecule has 0 aromatic carbocycles. The van der Waals surface area contributed by atoms with Crippen LogP contribution in [0.2, 0.25) is 0 Å². The van der Waals surface area contributed by atoms with Crippen LogP contribution in [0.3, 0.4) is 0 Å². The van der Waals surface area contributed by atoms with Gasteiger partial charge in [0.25, 0.3) is 0 Å². The van der Waals surface area contributed by atoms with Crippen LogP contribution in [0, 0.1) is 0 Å². The Labute approximate surface area is 117 Å². The lowest BCUT2D eigenvalue weighted by Gasteiger charge is -2.37. The fourth-order valence-electron chi connectivity index (χ4n) is 2.64. The van der Waals surface area contributed by atoms with Gasteiger partial charge in [0.1, 0.15) is 0 Å². The van der Waals surface area contributed by atoms with Gasteiger partial charge in [-0.25, -0.2) is 0 Å².